The first-order valence-electron chi connectivity index (χ1n) is 7.01. The molecular formula is C14H23N3OS. The molecule has 1 fully saturated rings. The number of carbonyl (C=O) groups excluding carboxylic acids is 1. The van der Waals surface area contributed by atoms with Crippen molar-refractivity contribution in [3.8, 4) is 0 Å². The predicted octanol–water partition coefficient (Wildman–Crippen LogP) is 2.28. The Morgan fingerprint density at radius 2 is 2.47 bits per heavy atom. The van der Waals surface area contributed by atoms with Gasteiger partial charge in [0.05, 0.1) is 5.01 Å². The fraction of sp³-hybridized carbons (Fsp3) is 0.714. The van der Waals surface area contributed by atoms with Crippen LogP contribution in [0.1, 0.15) is 49.2 Å². The summed E-state index contributed by atoms with van der Waals surface area (Å²) >= 11 is 1.72. The first kappa shape index (κ1) is 14.5. The molecular weight excluding hydrogens is 258 g/mol. The van der Waals surface area contributed by atoms with E-state index in [1.807, 2.05) is 18.7 Å². The van der Waals surface area contributed by atoms with E-state index in [2.05, 4.69) is 10.4 Å². The number of likely N-dealkylation sites (tertiary alicyclic amines) is 1. The van der Waals surface area contributed by atoms with Crippen molar-refractivity contribution in [2.24, 2.45) is 5.73 Å². The van der Waals surface area contributed by atoms with Crippen LogP contribution >= 0.6 is 11.3 Å². The number of aryl methyl sites for hydroxylation is 1. The lowest BCUT2D eigenvalue weighted by Crippen LogP contribution is -2.39. The van der Waals surface area contributed by atoms with Crippen molar-refractivity contribution >= 4 is 17.2 Å². The number of nitrogens with two attached hydrogens (primary N) is 1. The molecule has 0 spiro atoms. The first-order valence-corrected chi connectivity index (χ1v) is 7.89. The summed E-state index contributed by atoms with van der Waals surface area (Å²) in [6.07, 6.45) is 3.56. The Morgan fingerprint density at radius 3 is 3.11 bits per heavy atom. The molecule has 1 aromatic rings. The zero-order valence-corrected chi connectivity index (χ0v) is 12.6. The predicted molar refractivity (Wildman–Crippen MR) is 78.3 cm³/mol. The van der Waals surface area contributed by atoms with Crippen molar-refractivity contribution in [3.63, 3.8) is 0 Å². The van der Waals surface area contributed by atoms with Gasteiger partial charge in [-0.3, -0.25) is 4.79 Å². The number of hydrogen-bond donors (Lipinski definition) is 1. The summed E-state index contributed by atoms with van der Waals surface area (Å²) in [6.45, 7) is 5.68. The van der Waals surface area contributed by atoms with E-state index in [1.165, 1.54) is 5.01 Å². The van der Waals surface area contributed by atoms with Crippen LogP contribution in [-0.2, 0) is 4.79 Å². The van der Waals surface area contributed by atoms with Gasteiger partial charge < -0.3 is 10.6 Å². The van der Waals surface area contributed by atoms with E-state index in [0.717, 1.165) is 38.0 Å². The molecule has 5 heteroatoms. The van der Waals surface area contributed by atoms with Crippen LogP contribution in [0.5, 0.6) is 0 Å². The van der Waals surface area contributed by atoms with Crippen LogP contribution in [0.25, 0.3) is 0 Å². The monoisotopic (exact) mass is 281 g/mol. The number of thiazole rings is 1. The lowest BCUT2D eigenvalue weighted by atomic mass is 9.98. The van der Waals surface area contributed by atoms with E-state index in [9.17, 15) is 4.79 Å². The van der Waals surface area contributed by atoms with Crippen LogP contribution in [-0.4, -0.2) is 34.9 Å². The molecule has 4 nitrogen and oxygen atoms in total. The molecule has 1 amide bonds. The number of rotatable bonds is 4. The Morgan fingerprint density at radius 1 is 1.68 bits per heavy atom. The normalized spacial score (nSPS) is 21.4. The van der Waals surface area contributed by atoms with Crippen LogP contribution in [0.3, 0.4) is 0 Å². The molecule has 2 N–H and O–H groups in total. The molecule has 1 aliphatic rings. The lowest BCUT2D eigenvalue weighted by molar-refractivity contribution is -0.132. The van der Waals surface area contributed by atoms with Crippen LogP contribution in [0, 0.1) is 6.92 Å². The fourth-order valence-electron chi connectivity index (χ4n) is 2.47. The second-order valence-electron chi connectivity index (χ2n) is 5.52. The second kappa shape index (κ2) is 6.48. The summed E-state index contributed by atoms with van der Waals surface area (Å²) in [7, 11) is 0. The molecule has 2 unspecified atom stereocenters. The van der Waals surface area contributed by atoms with Gasteiger partial charge in [-0.05, 0) is 33.1 Å². The molecule has 1 aromatic heterocycles. The molecule has 2 rings (SSSR count). The van der Waals surface area contributed by atoms with Gasteiger partial charge in [-0.15, -0.1) is 11.3 Å². The number of aromatic nitrogens is 1. The number of carbonyl (C=O) groups is 1. The maximum absolute atomic E-state index is 12.1. The summed E-state index contributed by atoms with van der Waals surface area (Å²) in [6, 6.07) is 0.103. The number of nitrogens with zero attached hydrogens (tertiary/aromatic N) is 2. The quantitative estimate of drug-likeness (QED) is 0.921. The van der Waals surface area contributed by atoms with E-state index in [4.69, 9.17) is 5.73 Å². The van der Waals surface area contributed by atoms with Gasteiger partial charge in [0.25, 0.3) is 0 Å². The topological polar surface area (TPSA) is 59.2 Å². The second-order valence-corrected chi connectivity index (χ2v) is 6.41. The smallest absolute Gasteiger partial charge is 0.222 e. The van der Waals surface area contributed by atoms with Crippen molar-refractivity contribution in [3.05, 3.63) is 16.1 Å². The summed E-state index contributed by atoms with van der Waals surface area (Å²) in [5.74, 6) is 0.668. The Balaban J connectivity index is 1.91. The number of amides is 1. The molecule has 2 atom stereocenters. The molecule has 0 aliphatic carbocycles. The molecule has 0 radical (unpaired) electrons. The average Bonchev–Trinajstić information content (AvgIpc) is 2.83. The van der Waals surface area contributed by atoms with E-state index >= 15 is 0 Å². The van der Waals surface area contributed by atoms with Crippen molar-refractivity contribution in [1.29, 1.82) is 0 Å². The van der Waals surface area contributed by atoms with E-state index < -0.39 is 0 Å². The SMILES string of the molecule is Cc1csc(C2CCCN(C(=O)CCC(C)N)C2)n1. The maximum Gasteiger partial charge on any atom is 0.222 e. The van der Waals surface area contributed by atoms with Gasteiger partial charge >= 0.3 is 0 Å². The van der Waals surface area contributed by atoms with Crippen molar-refractivity contribution in [2.45, 2.75) is 51.5 Å². The molecule has 1 saturated heterocycles. The van der Waals surface area contributed by atoms with Crippen LogP contribution in [0.15, 0.2) is 5.38 Å². The molecule has 1 aliphatic heterocycles. The van der Waals surface area contributed by atoms with Crippen molar-refractivity contribution in [1.82, 2.24) is 9.88 Å². The highest BCUT2D eigenvalue weighted by Gasteiger charge is 2.26. The van der Waals surface area contributed by atoms with E-state index in [1.54, 1.807) is 11.3 Å². The van der Waals surface area contributed by atoms with Crippen molar-refractivity contribution in [2.75, 3.05) is 13.1 Å². The van der Waals surface area contributed by atoms with E-state index in [0.29, 0.717) is 12.3 Å². The van der Waals surface area contributed by atoms with Gasteiger partial charge in [-0.1, -0.05) is 0 Å². The number of piperidine rings is 1. The summed E-state index contributed by atoms with van der Waals surface area (Å²) in [5, 5.41) is 3.27. The third kappa shape index (κ3) is 4.01. The summed E-state index contributed by atoms with van der Waals surface area (Å²) in [4.78, 5) is 18.7. The minimum absolute atomic E-state index is 0.103. The average molecular weight is 281 g/mol. The van der Waals surface area contributed by atoms with Gasteiger partial charge in [0.2, 0.25) is 5.91 Å². The highest BCUT2D eigenvalue weighted by Crippen LogP contribution is 2.29. The highest BCUT2D eigenvalue weighted by molar-refractivity contribution is 7.09. The van der Waals surface area contributed by atoms with E-state index in [-0.39, 0.29) is 11.9 Å². The van der Waals surface area contributed by atoms with Crippen LogP contribution < -0.4 is 5.73 Å². The highest BCUT2D eigenvalue weighted by atomic mass is 32.1. The Labute approximate surface area is 119 Å². The minimum atomic E-state index is 0.103. The van der Waals surface area contributed by atoms with Gasteiger partial charge in [0.15, 0.2) is 0 Å². The van der Waals surface area contributed by atoms with Gasteiger partial charge in [-0.2, -0.15) is 0 Å². The Bertz CT molecular complexity index is 430. The maximum atomic E-state index is 12.1. The molecule has 0 saturated carbocycles. The molecule has 19 heavy (non-hydrogen) atoms. The van der Waals surface area contributed by atoms with Crippen molar-refractivity contribution < 1.29 is 4.79 Å². The van der Waals surface area contributed by atoms with Crippen LogP contribution in [0.2, 0.25) is 0 Å². The Hall–Kier alpha value is -0.940. The largest absolute Gasteiger partial charge is 0.342 e. The Kier molecular flexibility index (Phi) is 4.93. The number of hydrogen-bond acceptors (Lipinski definition) is 4. The fourth-order valence-corrected chi connectivity index (χ4v) is 3.40. The van der Waals surface area contributed by atoms with Gasteiger partial charge in [0, 0.05) is 42.5 Å². The van der Waals surface area contributed by atoms with Gasteiger partial charge in [-0.25, -0.2) is 4.98 Å². The third-order valence-corrected chi connectivity index (χ3v) is 4.70. The molecule has 0 aromatic carbocycles. The zero-order chi connectivity index (χ0) is 13.8. The molecule has 2 heterocycles. The lowest BCUT2D eigenvalue weighted by Gasteiger charge is -2.32. The zero-order valence-electron chi connectivity index (χ0n) is 11.8. The summed E-state index contributed by atoms with van der Waals surface area (Å²) < 4.78 is 0. The summed E-state index contributed by atoms with van der Waals surface area (Å²) in [5.41, 5.74) is 6.80. The molecule has 106 valence electrons. The standard InChI is InChI=1S/C14H23N3OS/c1-10(15)5-6-13(18)17-7-3-4-12(8-17)14-16-11(2)9-19-14/h9-10,12H,3-8,15H2,1-2H3. The minimum Gasteiger partial charge on any atom is -0.342 e. The third-order valence-electron chi connectivity index (χ3n) is 3.57. The molecule has 0 bridgehead atoms. The first-order chi connectivity index (χ1) is 9.06. The van der Waals surface area contributed by atoms with Gasteiger partial charge in [0.1, 0.15) is 0 Å². The van der Waals surface area contributed by atoms with Crippen LogP contribution in [0.4, 0.5) is 0 Å².